The number of hydrogen-bond donors (Lipinski definition) is 3. The second-order valence-corrected chi connectivity index (χ2v) is 11.7. The number of amides is 1. The molecular formula is C22H15N3O10S4. The van der Waals surface area contributed by atoms with Crippen LogP contribution in [0.3, 0.4) is 0 Å². The van der Waals surface area contributed by atoms with Crippen molar-refractivity contribution in [2.75, 3.05) is 24.8 Å². The summed E-state index contributed by atoms with van der Waals surface area (Å²) in [5.74, 6) is -3.46. The summed E-state index contributed by atoms with van der Waals surface area (Å²) in [6, 6.07) is 3.40. The van der Waals surface area contributed by atoms with Crippen molar-refractivity contribution in [1.82, 2.24) is 9.47 Å². The topological polar surface area (TPSA) is 176 Å². The Labute approximate surface area is 235 Å². The molecule has 0 aliphatic carbocycles. The quantitative estimate of drug-likeness (QED) is 0.360. The Balaban J connectivity index is 1.60. The number of carboxylic acids is 3. The van der Waals surface area contributed by atoms with Gasteiger partial charge in [-0.05, 0) is 12.2 Å². The lowest BCUT2D eigenvalue weighted by Crippen LogP contribution is -2.36. The summed E-state index contributed by atoms with van der Waals surface area (Å²) in [7, 11) is 0. The van der Waals surface area contributed by atoms with Gasteiger partial charge in [0.1, 0.15) is 33.5 Å². The number of thiocarbonyl (C=S) groups is 1. The molecular weight excluding hydrogens is 595 g/mol. The maximum atomic E-state index is 13.2. The number of rotatable bonds is 7. The fourth-order valence-corrected chi connectivity index (χ4v) is 7.37. The molecule has 17 heteroatoms. The number of benzene rings is 1. The lowest BCUT2D eigenvalue weighted by Gasteiger charge is -2.17. The Bertz CT molecular complexity index is 1690. The number of aliphatic carboxylic acids is 3. The van der Waals surface area contributed by atoms with Gasteiger partial charge in [0.15, 0.2) is 11.5 Å². The van der Waals surface area contributed by atoms with Gasteiger partial charge < -0.3 is 29.7 Å². The summed E-state index contributed by atoms with van der Waals surface area (Å²) in [4.78, 5) is 63.3. The third-order valence-corrected chi connectivity index (χ3v) is 9.26. The normalized spacial score (nSPS) is 18.9. The first kappa shape index (κ1) is 26.8. The molecule has 3 aliphatic rings. The van der Waals surface area contributed by atoms with Crippen LogP contribution in [0.5, 0.6) is 11.5 Å². The van der Waals surface area contributed by atoms with E-state index in [1.807, 2.05) is 0 Å². The maximum Gasteiger partial charge on any atom is 0.323 e. The summed E-state index contributed by atoms with van der Waals surface area (Å²) < 4.78 is 11.8. The van der Waals surface area contributed by atoms with Crippen LogP contribution in [0, 0.1) is 0 Å². The van der Waals surface area contributed by atoms with E-state index >= 15 is 0 Å². The van der Waals surface area contributed by atoms with Crippen molar-refractivity contribution in [3.8, 4) is 11.5 Å². The average molecular weight is 610 g/mol. The van der Waals surface area contributed by atoms with Crippen molar-refractivity contribution in [1.29, 1.82) is 0 Å². The summed E-state index contributed by atoms with van der Waals surface area (Å²) in [6.07, 6.45) is 2.94. The van der Waals surface area contributed by atoms with Gasteiger partial charge in [-0.15, -0.1) is 11.3 Å². The Kier molecular flexibility index (Phi) is 7.15. The van der Waals surface area contributed by atoms with Gasteiger partial charge in [-0.2, -0.15) is 0 Å². The van der Waals surface area contributed by atoms with E-state index in [0.29, 0.717) is 27.1 Å². The monoisotopic (exact) mass is 609 g/mol. The lowest BCUT2D eigenvalue weighted by atomic mass is 10.2. The largest absolute Gasteiger partial charge is 0.480 e. The zero-order valence-corrected chi connectivity index (χ0v) is 22.6. The number of thioether (sulfide) groups is 2. The van der Waals surface area contributed by atoms with Gasteiger partial charge >= 0.3 is 17.9 Å². The smallest absolute Gasteiger partial charge is 0.323 e. The first-order valence-corrected chi connectivity index (χ1v) is 13.6. The third-order valence-electron chi connectivity index (χ3n) is 5.43. The molecule has 0 spiro atoms. The molecule has 3 aliphatic heterocycles. The van der Waals surface area contributed by atoms with Crippen LogP contribution in [-0.2, 0) is 25.7 Å². The van der Waals surface area contributed by atoms with Crippen molar-refractivity contribution >= 4 is 91.9 Å². The highest BCUT2D eigenvalue weighted by molar-refractivity contribution is 8.30. The van der Waals surface area contributed by atoms with Crippen LogP contribution in [-0.4, -0.2) is 72.8 Å². The number of hydrogen-bond acceptors (Lipinski definition) is 12. The Morgan fingerprint density at radius 3 is 2.23 bits per heavy atom. The second kappa shape index (κ2) is 10.4. The van der Waals surface area contributed by atoms with Crippen LogP contribution < -0.4 is 29.1 Å². The van der Waals surface area contributed by atoms with Crippen molar-refractivity contribution in [2.45, 2.75) is 11.4 Å². The highest BCUT2D eigenvalue weighted by atomic mass is 32.2. The summed E-state index contributed by atoms with van der Waals surface area (Å²) in [6.45, 7) is -1.74. The fourth-order valence-electron chi connectivity index (χ4n) is 3.84. The van der Waals surface area contributed by atoms with Gasteiger partial charge in [0.05, 0.1) is 15.2 Å². The standard InChI is InChI=1S/C22H15N3O10S4/c26-15(27)5-23-9-3-10-11(35-8-34-10)4-13(9)37-14(23)2-1-12-19(32)24(6-16(28)29)21(38-12)18-20(33)25(7-17(30)31)22(36)39-18/h1-4H,5-8H2,(H,26,27)(H,28,29)(H,30,31)/b12-1?,14-2?,21-18-. The second-order valence-electron chi connectivity index (χ2n) is 7.97. The number of carboxylic acid groups (broad SMARTS) is 3. The Hall–Kier alpha value is -3.80. The van der Waals surface area contributed by atoms with Crippen LogP contribution in [0.2, 0.25) is 0 Å². The highest BCUT2D eigenvalue weighted by Gasteiger charge is 2.35. The minimum absolute atomic E-state index is 0.0211. The molecule has 0 saturated carbocycles. The molecule has 39 heavy (non-hydrogen) atoms. The number of anilines is 1. The lowest BCUT2D eigenvalue weighted by molar-refractivity contribution is -0.140. The molecule has 2 aromatic rings. The van der Waals surface area contributed by atoms with Gasteiger partial charge in [-0.3, -0.25) is 33.4 Å². The molecule has 0 unspecified atom stereocenters. The van der Waals surface area contributed by atoms with Crippen LogP contribution >= 0.6 is 47.1 Å². The Morgan fingerprint density at radius 1 is 0.923 bits per heavy atom. The molecule has 4 heterocycles. The third kappa shape index (κ3) is 5.12. The van der Waals surface area contributed by atoms with E-state index in [1.165, 1.54) is 28.8 Å². The van der Waals surface area contributed by atoms with Gasteiger partial charge in [0, 0.05) is 17.0 Å². The number of fused-ring (bicyclic) bond motifs is 2. The molecule has 0 bridgehead atoms. The summed E-state index contributed by atoms with van der Waals surface area (Å²) >= 11 is 7.98. The number of thiazole rings is 1. The minimum Gasteiger partial charge on any atom is -0.480 e. The molecule has 3 N–H and O–H groups in total. The van der Waals surface area contributed by atoms with Crippen molar-refractivity contribution in [3.05, 3.63) is 42.8 Å². The number of allylic oxidation sites excluding steroid dienone is 1. The van der Waals surface area contributed by atoms with Crippen molar-refractivity contribution in [3.63, 3.8) is 0 Å². The predicted octanol–water partition coefficient (Wildman–Crippen LogP) is 0.0950. The molecule has 1 aromatic carbocycles. The minimum atomic E-state index is -1.33. The zero-order chi connectivity index (χ0) is 28.0. The van der Waals surface area contributed by atoms with Gasteiger partial charge in [-0.1, -0.05) is 35.7 Å². The van der Waals surface area contributed by atoms with E-state index in [2.05, 4.69) is 0 Å². The number of carbonyl (C=O) groups excluding carboxylic acids is 1. The van der Waals surface area contributed by atoms with Crippen LogP contribution in [0.1, 0.15) is 0 Å². The van der Waals surface area contributed by atoms with Gasteiger partial charge in [0.2, 0.25) is 6.79 Å². The van der Waals surface area contributed by atoms with E-state index < -0.39 is 42.5 Å². The molecule has 5 rings (SSSR count). The number of nitrogens with zero attached hydrogens (tertiary/aromatic N) is 3. The first-order chi connectivity index (χ1) is 18.5. The highest BCUT2D eigenvalue weighted by Crippen LogP contribution is 2.51. The molecule has 0 atom stereocenters. The van der Waals surface area contributed by atoms with E-state index in [4.69, 9.17) is 26.8 Å². The Morgan fingerprint density at radius 2 is 1.56 bits per heavy atom. The molecule has 13 nitrogen and oxygen atoms in total. The molecule has 202 valence electrons. The number of ether oxygens (including phenoxy) is 2. The van der Waals surface area contributed by atoms with E-state index in [1.54, 1.807) is 12.1 Å². The molecule has 1 aromatic heterocycles. The van der Waals surface area contributed by atoms with Crippen LogP contribution in [0.4, 0.5) is 5.69 Å². The number of aromatic nitrogens is 1. The van der Waals surface area contributed by atoms with Crippen molar-refractivity contribution < 1.29 is 44.0 Å². The molecule has 0 radical (unpaired) electrons. The summed E-state index contributed by atoms with van der Waals surface area (Å²) in [5.41, 5.74) is -0.110. The van der Waals surface area contributed by atoms with Crippen LogP contribution in [0.15, 0.2) is 32.9 Å². The van der Waals surface area contributed by atoms with E-state index in [9.17, 15) is 34.2 Å². The van der Waals surface area contributed by atoms with E-state index in [0.717, 1.165) is 32.6 Å². The average Bonchev–Trinajstić information content (AvgIpc) is 3.59. The maximum absolute atomic E-state index is 13.2. The van der Waals surface area contributed by atoms with E-state index in [-0.39, 0.29) is 31.8 Å². The zero-order valence-electron chi connectivity index (χ0n) is 19.3. The molecule has 1 amide bonds. The first-order valence-electron chi connectivity index (χ1n) is 10.8. The SMILES string of the molecule is O=C(O)CN1C(=O)/C(=c2/sc(=CC=C3Sc4cc5c(cc4N3CC(=O)O)OCO5)c(=O)n2CC(=O)O)SC1=S. The molecule has 1 saturated heterocycles. The molecule has 1 fully saturated rings. The van der Waals surface area contributed by atoms with Crippen LogP contribution in [0.25, 0.3) is 11.0 Å². The van der Waals surface area contributed by atoms with Gasteiger partial charge in [0.25, 0.3) is 11.5 Å². The fraction of sp³-hybridized carbons (Fsp3) is 0.182. The number of carbonyl (C=O) groups is 4. The summed E-state index contributed by atoms with van der Waals surface area (Å²) in [5, 5.41) is 28.4. The van der Waals surface area contributed by atoms with Crippen molar-refractivity contribution in [2.24, 2.45) is 0 Å². The van der Waals surface area contributed by atoms with Gasteiger partial charge in [-0.25, -0.2) is 0 Å². The predicted molar refractivity (Wildman–Crippen MR) is 144 cm³/mol.